The summed E-state index contributed by atoms with van der Waals surface area (Å²) in [4.78, 5) is 16.0. The van der Waals surface area contributed by atoms with Gasteiger partial charge in [0.2, 0.25) is 0 Å². The summed E-state index contributed by atoms with van der Waals surface area (Å²) >= 11 is 0. The van der Waals surface area contributed by atoms with E-state index < -0.39 is 0 Å². The molecular weight excluding hydrogens is 230 g/mol. The summed E-state index contributed by atoms with van der Waals surface area (Å²) in [6.45, 7) is 0.951. The van der Waals surface area contributed by atoms with Crippen molar-refractivity contribution in [3.05, 3.63) is 29.6 Å². The number of rotatable bonds is 4. The Morgan fingerprint density at radius 1 is 1.56 bits per heavy atom. The number of carbonyl (C=O) groups excluding carboxylic acids is 1. The van der Waals surface area contributed by atoms with Gasteiger partial charge in [-0.15, -0.1) is 0 Å². The molecular formula is C13H19N3O2. The van der Waals surface area contributed by atoms with Crippen molar-refractivity contribution in [1.29, 1.82) is 0 Å². The molecule has 0 saturated heterocycles. The van der Waals surface area contributed by atoms with Crippen LogP contribution in [0.1, 0.15) is 35.3 Å². The van der Waals surface area contributed by atoms with Crippen LogP contribution in [0.5, 0.6) is 0 Å². The monoisotopic (exact) mass is 249 g/mol. The van der Waals surface area contributed by atoms with Crippen LogP contribution in [0.3, 0.4) is 0 Å². The molecule has 18 heavy (non-hydrogen) atoms. The number of pyridine rings is 1. The van der Waals surface area contributed by atoms with Gasteiger partial charge in [-0.3, -0.25) is 9.78 Å². The number of amides is 1. The highest BCUT2D eigenvalue weighted by molar-refractivity contribution is 5.94. The number of nitrogens with one attached hydrogen (secondary N) is 1. The predicted octanol–water partition coefficient (Wildman–Crippen LogP) is 0.431. The van der Waals surface area contributed by atoms with E-state index in [0.717, 1.165) is 19.3 Å². The standard InChI is InChI=1S/C13H19N3O2/c14-7-11-6-10(3-4-15-11)13(18)16-8-9-1-2-12(17)5-9/h3-4,6,9,12,17H,1-2,5,7-8,14H2,(H,16,18). The minimum Gasteiger partial charge on any atom is -0.393 e. The summed E-state index contributed by atoms with van der Waals surface area (Å²) in [5.74, 6) is 0.285. The lowest BCUT2D eigenvalue weighted by atomic mass is 10.1. The van der Waals surface area contributed by atoms with Crippen LogP contribution in [0.25, 0.3) is 0 Å². The molecule has 1 aromatic heterocycles. The molecule has 1 fully saturated rings. The molecule has 0 aliphatic heterocycles. The molecule has 1 aromatic rings. The minimum absolute atomic E-state index is 0.103. The van der Waals surface area contributed by atoms with Gasteiger partial charge in [0.15, 0.2) is 0 Å². The van der Waals surface area contributed by atoms with Crippen LogP contribution < -0.4 is 11.1 Å². The Hall–Kier alpha value is -1.46. The van der Waals surface area contributed by atoms with Gasteiger partial charge in [-0.1, -0.05) is 0 Å². The van der Waals surface area contributed by atoms with Crippen molar-refractivity contribution in [1.82, 2.24) is 10.3 Å². The van der Waals surface area contributed by atoms with Gasteiger partial charge >= 0.3 is 0 Å². The molecule has 2 rings (SSSR count). The van der Waals surface area contributed by atoms with Gasteiger partial charge < -0.3 is 16.2 Å². The maximum atomic E-state index is 11.9. The second-order valence-corrected chi connectivity index (χ2v) is 4.78. The van der Waals surface area contributed by atoms with Crippen LogP contribution in [0.15, 0.2) is 18.3 Å². The first kappa shape index (κ1) is 13.0. The molecule has 2 unspecified atom stereocenters. The topological polar surface area (TPSA) is 88.2 Å². The van der Waals surface area contributed by atoms with E-state index in [2.05, 4.69) is 10.3 Å². The van der Waals surface area contributed by atoms with E-state index in [0.29, 0.717) is 30.3 Å². The third-order valence-electron chi connectivity index (χ3n) is 3.35. The van der Waals surface area contributed by atoms with Crippen molar-refractivity contribution in [2.24, 2.45) is 11.7 Å². The lowest BCUT2D eigenvalue weighted by Crippen LogP contribution is -2.28. The van der Waals surface area contributed by atoms with Crippen LogP contribution in [0, 0.1) is 5.92 Å². The lowest BCUT2D eigenvalue weighted by molar-refractivity contribution is 0.0945. The molecule has 0 bridgehead atoms. The first-order chi connectivity index (χ1) is 8.69. The third kappa shape index (κ3) is 3.27. The Labute approximate surface area is 106 Å². The second-order valence-electron chi connectivity index (χ2n) is 4.78. The molecule has 1 aliphatic carbocycles. The van der Waals surface area contributed by atoms with Gasteiger partial charge in [-0.05, 0) is 37.3 Å². The first-order valence-electron chi connectivity index (χ1n) is 6.30. The molecule has 2 atom stereocenters. The molecule has 0 spiro atoms. The van der Waals surface area contributed by atoms with Crippen LogP contribution >= 0.6 is 0 Å². The maximum absolute atomic E-state index is 11.9. The molecule has 5 nitrogen and oxygen atoms in total. The minimum atomic E-state index is -0.198. The van der Waals surface area contributed by atoms with E-state index in [4.69, 9.17) is 5.73 Å². The normalized spacial score (nSPS) is 23.0. The number of aliphatic hydroxyl groups excluding tert-OH is 1. The molecule has 4 N–H and O–H groups in total. The quantitative estimate of drug-likeness (QED) is 0.722. The SMILES string of the molecule is NCc1cc(C(=O)NCC2CCC(O)C2)ccn1. The number of hydrogen-bond donors (Lipinski definition) is 3. The largest absolute Gasteiger partial charge is 0.393 e. The highest BCUT2D eigenvalue weighted by Crippen LogP contribution is 2.24. The summed E-state index contributed by atoms with van der Waals surface area (Å²) in [6, 6.07) is 3.39. The molecule has 1 aliphatic rings. The molecule has 1 amide bonds. The van der Waals surface area contributed by atoms with E-state index >= 15 is 0 Å². The highest BCUT2D eigenvalue weighted by atomic mass is 16.3. The zero-order valence-electron chi connectivity index (χ0n) is 10.3. The van der Waals surface area contributed by atoms with Crippen LogP contribution in [0.2, 0.25) is 0 Å². The fourth-order valence-corrected chi connectivity index (χ4v) is 2.30. The summed E-state index contributed by atoms with van der Waals surface area (Å²) in [7, 11) is 0. The zero-order valence-corrected chi connectivity index (χ0v) is 10.3. The average Bonchev–Trinajstić information content (AvgIpc) is 2.82. The number of hydrogen-bond acceptors (Lipinski definition) is 4. The zero-order chi connectivity index (χ0) is 13.0. The Bertz CT molecular complexity index is 422. The lowest BCUT2D eigenvalue weighted by Gasteiger charge is -2.11. The van der Waals surface area contributed by atoms with E-state index in [1.165, 1.54) is 0 Å². The molecule has 1 heterocycles. The Balaban J connectivity index is 1.87. The van der Waals surface area contributed by atoms with Gasteiger partial charge in [-0.25, -0.2) is 0 Å². The average molecular weight is 249 g/mol. The van der Waals surface area contributed by atoms with Crippen molar-refractivity contribution in [3.8, 4) is 0 Å². The van der Waals surface area contributed by atoms with Crippen molar-refractivity contribution < 1.29 is 9.90 Å². The van der Waals surface area contributed by atoms with Crippen molar-refractivity contribution in [2.45, 2.75) is 31.9 Å². The smallest absolute Gasteiger partial charge is 0.251 e. The molecule has 98 valence electrons. The van der Waals surface area contributed by atoms with Crippen molar-refractivity contribution in [3.63, 3.8) is 0 Å². The summed E-state index contributed by atoms with van der Waals surface area (Å²) in [6.07, 6.45) is 4.00. The Morgan fingerprint density at radius 3 is 3.06 bits per heavy atom. The van der Waals surface area contributed by atoms with Gasteiger partial charge in [0.05, 0.1) is 11.8 Å². The van der Waals surface area contributed by atoms with E-state index in [-0.39, 0.29) is 12.0 Å². The summed E-state index contributed by atoms with van der Waals surface area (Å²) in [5.41, 5.74) is 6.78. The summed E-state index contributed by atoms with van der Waals surface area (Å²) in [5, 5.41) is 12.3. The molecule has 1 saturated carbocycles. The molecule has 5 heteroatoms. The van der Waals surface area contributed by atoms with Crippen LogP contribution in [-0.2, 0) is 6.54 Å². The second kappa shape index (κ2) is 5.93. The van der Waals surface area contributed by atoms with Crippen LogP contribution in [0.4, 0.5) is 0 Å². The van der Waals surface area contributed by atoms with Gasteiger partial charge in [0.25, 0.3) is 5.91 Å². The van der Waals surface area contributed by atoms with Gasteiger partial charge in [0.1, 0.15) is 0 Å². The maximum Gasteiger partial charge on any atom is 0.251 e. The number of nitrogens with two attached hydrogens (primary N) is 1. The van der Waals surface area contributed by atoms with Gasteiger partial charge in [-0.2, -0.15) is 0 Å². The number of carbonyl (C=O) groups is 1. The van der Waals surface area contributed by atoms with E-state index in [1.807, 2.05) is 0 Å². The highest BCUT2D eigenvalue weighted by Gasteiger charge is 2.23. The predicted molar refractivity (Wildman–Crippen MR) is 67.8 cm³/mol. The van der Waals surface area contributed by atoms with E-state index in [1.54, 1.807) is 18.3 Å². The molecule has 0 radical (unpaired) electrons. The fourth-order valence-electron chi connectivity index (χ4n) is 2.30. The summed E-state index contributed by atoms with van der Waals surface area (Å²) < 4.78 is 0. The Morgan fingerprint density at radius 2 is 2.39 bits per heavy atom. The Kier molecular flexibility index (Phi) is 4.28. The fraction of sp³-hybridized carbons (Fsp3) is 0.538. The number of aromatic nitrogens is 1. The number of nitrogens with zero attached hydrogens (tertiary/aromatic N) is 1. The van der Waals surface area contributed by atoms with Crippen LogP contribution in [-0.4, -0.2) is 28.6 Å². The van der Waals surface area contributed by atoms with Gasteiger partial charge in [0, 0.05) is 24.8 Å². The molecule has 0 aromatic carbocycles. The first-order valence-corrected chi connectivity index (χ1v) is 6.30. The number of aliphatic hydroxyl groups is 1. The van der Waals surface area contributed by atoms with E-state index in [9.17, 15) is 9.90 Å². The van der Waals surface area contributed by atoms with Crippen molar-refractivity contribution >= 4 is 5.91 Å². The van der Waals surface area contributed by atoms with Crippen molar-refractivity contribution in [2.75, 3.05) is 6.54 Å². The third-order valence-corrected chi connectivity index (χ3v) is 3.35.